The number of thiol groups is 1. The molecule has 152 valence electrons. The van der Waals surface area contributed by atoms with Crippen molar-refractivity contribution < 1.29 is 9.90 Å². The van der Waals surface area contributed by atoms with Gasteiger partial charge >= 0.3 is 0 Å². The van der Waals surface area contributed by atoms with Crippen LogP contribution in [0.5, 0.6) is 0 Å². The minimum absolute atomic E-state index is 0.196. The van der Waals surface area contributed by atoms with Crippen molar-refractivity contribution in [2.75, 3.05) is 11.9 Å². The maximum absolute atomic E-state index is 11.2. The molecule has 1 aliphatic heterocycles. The Balaban J connectivity index is 1.70. The third-order valence-electron chi connectivity index (χ3n) is 5.90. The Labute approximate surface area is 176 Å². The van der Waals surface area contributed by atoms with Gasteiger partial charge in [-0.3, -0.25) is 14.6 Å². The lowest BCUT2D eigenvalue weighted by atomic mass is 9.96. The van der Waals surface area contributed by atoms with E-state index in [1.807, 2.05) is 49.5 Å². The van der Waals surface area contributed by atoms with Crippen LogP contribution in [0.15, 0.2) is 41.5 Å². The number of rotatable bonds is 5. The van der Waals surface area contributed by atoms with E-state index in [1.165, 1.54) is 11.1 Å². The van der Waals surface area contributed by atoms with Gasteiger partial charge in [0.15, 0.2) is 5.84 Å². The van der Waals surface area contributed by atoms with Crippen molar-refractivity contribution in [3.05, 3.63) is 64.2 Å². The first kappa shape index (κ1) is 19.9. The molecule has 1 aliphatic carbocycles. The summed E-state index contributed by atoms with van der Waals surface area (Å²) in [5.41, 5.74) is 9.11. The number of hydrogen-bond acceptors (Lipinski definition) is 7. The summed E-state index contributed by atoms with van der Waals surface area (Å²) in [4.78, 5) is 13.0. The number of amidine groups is 1. The normalized spacial score (nSPS) is 21.7. The molecule has 3 unspecified atom stereocenters. The Morgan fingerprint density at radius 2 is 2.03 bits per heavy atom. The summed E-state index contributed by atoms with van der Waals surface area (Å²) in [5.74, 6) is 0.452. The van der Waals surface area contributed by atoms with E-state index in [0.717, 1.165) is 41.5 Å². The molecule has 0 radical (unpaired) electrons. The summed E-state index contributed by atoms with van der Waals surface area (Å²) in [5, 5.41) is 15.0. The van der Waals surface area contributed by atoms with Crippen LogP contribution >= 0.6 is 12.8 Å². The first-order valence-corrected chi connectivity index (χ1v) is 10.2. The zero-order valence-electron chi connectivity index (χ0n) is 16.8. The number of hydrogen-bond donors (Lipinski definition) is 3. The number of aliphatic hydroxyl groups excluding tert-OH is 1. The lowest BCUT2D eigenvalue weighted by Gasteiger charge is -2.25. The van der Waals surface area contributed by atoms with Gasteiger partial charge in [0, 0.05) is 23.2 Å². The van der Waals surface area contributed by atoms with Crippen molar-refractivity contribution >= 4 is 30.6 Å². The SMILES string of the molecule is Cc1ccc(C(C)C=O)cc1C1=NNC(O)N1c1ccc2c(c1)CC(N(C)S)C2. The molecule has 0 saturated heterocycles. The lowest BCUT2D eigenvalue weighted by Crippen LogP contribution is -2.40. The van der Waals surface area contributed by atoms with E-state index >= 15 is 0 Å². The minimum Gasteiger partial charge on any atom is -0.355 e. The average Bonchev–Trinajstić information content (AvgIpc) is 3.30. The summed E-state index contributed by atoms with van der Waals surface area (Å²) in [6, 6.07) is 12.6. The number of anilines is 1. The van der Waals surface area contributed by atoms with Gasteiger partial charge in [-0.05, 0) is 67.3 Å². The maximum Gasteiger partial charge on any atom is 0.225 e. The number of aliphatic hydroxyl groups is 1. The van der Waals surface area contributed by atoms with E-state index in [2.05, 4.69) is 35.5 Å². The predicted octanol–water partition coefficient (Wildman–Crippen LogP) is 2.59. The number of aldehydes is 1. The van der Waals surface area contributed by atoms with Crippen LogP contribution in [0.4, 0.5) is 5.69 Å². The lowest BCUT2D eigenvalue weighted by molar-refractivity contribution is -0.108. The van der Waals surface area contributed by atoms with Crippen molar-refractivity contribution in [3.63, 3.8) is 0 Å². The topological polar surface area (TPSA) is 68.2 Å². The Hall–Kier alpha value is -2.35. The highest BCUT2D eigenvalue weighted by Gasteiger charge is 2.31. The second-order valence-corrected chi connectivity index (χ2v) is 8.53. The van der Waals surface area contributed by atoms with Crippen LogP contribution in [0.1, 0.15) is 40.7 Å². The van der Waals surface area contributed by atoms with Gasteiger partial charge in [0.25, 0.3) is 0 Å². The number of hydrazone groups is 1. The van der Waals surface area contributed by atoms with Crippen molar-refractivity contribution in [3.8, 4) is 0 Å². The molecule has 1 heterocycles. The average molecular weight is 411 g/mol. The number of carbonyl (C=O) groups is 1. The van der Waals surface area contributed by atoms with Crippen molar-refractivity contribution in [1.29, 1.82) is 0 Å². The summed E-state index contributed by atoms with van der Waals surface area (Å²) >= 11 is 4.46. The summed E-state index contributed by atoms with van der Waals surface area (Å²) in [6.45, 7) is 3.88. The molecule has 0 bridgehead atoms. The fraction of sp³-hybridized carbons (Fsp3) is 0.364. The van der Waals surface area contributed by atoms with Crippen LogP contribution in [0.25, 0.3) is 0 Å². The first-order chi connectivity index (χ1) is 13.9. The zero-order valence-corrected chi connectivity index (χ0v) is 17.7. The largest absolute Gasteiger partial charge is 0.355 e. The number of fused-ring (bicyclic) bond motifs is 1. The van der Waals surface area contributed by atoms with Gasteiger partial charge in [-0.2, -0.15) is 5.10 Å². The standard InChI is InChI=1S/C22H26N4O2S/c1-13-4-5-15(14(2)12-27)11-20(13)21-23-24-22(28)26(21)18-7-6-16-8-19(25(3)29)10-17(16)9-18/h4-7,9,11-12,14,19,22,24,28-29H,8,10H2,1-3H3. The van der Waals surface area contributed by atoms with Gasteiger partial charge in [-0.25, -0.2) is 0 Å². The third kappa shape index (κ3) is 3.66. The van der Waals surface area contributed by atoms with Gasteiger partial charge in [-0.1, -0.05) is 37.9 Å². The zero-order chi connectivity index (χ0) is 20.7. The van der Waals surface area contributed by atoms with E-state index < -0.39 is 6.35 Å². The molecule has 0 fully saturated rings. The second kappa shape index (κ2) is 7.82. The quantitative estimate of drug-likeness (QED) is 0.522. The molecule has 2 aliphatic rings. The van der Waals surface area contributed by atoms with Gasteiger partial charge < -0.3 is 9.90 Å². The molecule has 6 nitrogen and oxygen atoms in total. The Kier molecular flexibility index (Phi) is 5.38. The molecular formula is C22H26N4O2S. The van der Waals surface area contributed by atoms with Gasteiger partial charge in [-0.15, -0.1) is 0 Å². The number of benzene rings is 2. The fourth-order valence-corrected chi connectivity index (χ4v) is 4.20. The molecule has 4 rings (SSSR count). The summed E-state index contributed by atoms with van der Waals surface area (Å²) < 4.78 is 1.96. The number of likely N-dealkylation sites (N-methyl/N-ethyl adjacent to an activating group) is 1. The van der Waals surface area contributed by atoms with Crippen LogP contribution < -0.4 is 10.3 Å². The molecule has 0 amide bonds. The van der Waals surface area contributed by atoms with E-state index in [9.17, 15) is 9.90 Å². The molecule has 2 N–H and O–H groups in total. The number of nitrogens with one attached hydrogen (secondary N) is 1. The third-order valence-corrected chi connectivity index (χ3v) is 6.23. The molecule has 0 saturated carbocycles. The summed E-state index contributed by atoms with van der Waals surface area (Å²) in [7, 11) is 1.98. The second-order valence-electron chi connectivity index (χ2n) is 7.90. The molecule has 2 aromatic rings. The Morgan fingerprint density at radius 1 is 1.28 bits per heavy atom. The number of aryl methyl sites for hydroxylation is 1. The van der Waals surface area contributed by atoms with E-state index in [4.69, 9.17) is 0 Å². The van der Waals surface area contributed by atoms with Crippen LogP contribution in [0.2, 0.25) is 0 Å². The Morgan fingerprint density at radius 3 is 2.76 bits per heavy atom. The molecule has 29 heavy (non-hydrogen) atoms. The molecule has 0 spiro atoms. The van der Waals surface area contributed by atoms with Crippen molar-refractivity contribution in [2.24, 2.45) is 5.10 Å². The molecular weight excluding hydrogens is 384 g/mol. The van der Waals surface area contributed by atoms with Gasteiger partial charge in [0.1, 0.15) is 6.29 Å². The van der Waals surface area contributed by atoms with E-state index in [0.29, 0.717) is 11.9 Å². The molecule has 3 atom stereocenters. The highest BCUT2D eigenvalue weighted by molar-refractivity contribution is 7.77. The highest BCUT2D eigenvalue weighted by atomic mass is 32.1. The molecule has 2 aromatic carbocycles. The van der Waals surface area contributed by atoms with E-state index in [-0.39, 0.29) is 5.92 Å². The number of carbonyl (C=O) groups excluding carboxylic acids is 1. The minimum atomic E-state index is -0.945. The molecule has 7 heteroatoms. The predicted molar refractivity (Wildman–Crippen MR) is 118 cm³/mol. The van der Waals surface area contributed by atoms with Crippen molar-refractivity contribution in [1.82, 2.24) is 9.73 Å². The van der Waals surface area contributed by atoms with Crippen LogP contribution in [-0.2, 0) is 17.6 Å². The van der Waals surface area contributed by atoms with Crippen LogP contribution in [0.3, 0.4) is 0 Å². The highest BCUT2D eigenvalue weighted by Crippen LogP contribution is 2.32. The summed E-state index contributed by atoms with van der Waals surface area (Å²) in [6.07, 6.45) is 1.89. The maximum atomic E-state index is 11.2. The van der Waals surface area contributed by atoms with Crippen molar-refractivity contribution in [2.45, 2.75) is 45.0 Å². The van der Waals surface area contributed by atoms with Gasteiger partial charge in [0.05, 0.1) is 0 Å². The first-order valence-electron chi connectivity index (χ1n) is 9.79. The van der Waals surface area contributed by atoms with Crippen LogP contribution in [0, 0.1) is 6.92 Å². The smallest absolute Gasteiger partial charge is 0.225 e. The monoisotopic (exact) mass is 410 g/mol. The van der Waals surface area contributed by atoms with Gasteiger partial charge in [0.2, 0.25) is 6.35 Å². The fourth-order valence-electron chi connectivity index (χ4n) is 4.04. The molecule has 0 aromatic heterocycles. The Bertz CT molecular complexity index is 975. The van der Waals surface area contributed by atoms with E-state index in [1.54, 1.807) is 4.90 Å². The van der Waals surface area contributed by atoms with Crippen LogP contribution in [-0.4, -0.2) is 41.0 Å². The number of nitrogens with zero attached hydrogens (tertiary/aromatic N) is 3.